The van der Waals surface area contributed by atoms with E-state index in [1.54, 1.807) is 30.3 Å². The molecule has 2 aromatic carbocycles. The van der Waals surface area contributed by atoms with Crippen molar-refractivity contribution in [2.75, 3.05) is 17.2 Å². The van der Waals surface area contributed by atoms with Crippen molar-refractivity contribution in [3.05, 3.63) is 70.4 Å². The number of halogens is 1. The predicted octanol–water partition coefficient (Wildman–Crippen LogP) is 2.34. The van der Waals surface area contributed by atoms with E-state index >= 15 is 0 Å². The highest BCUT2D eigenvalue weighted by Crippen LogP contribution is 2.24. The Morgan fingerprint density at radius 1 is 1.11 bits per heavy atom. The van der Waals surface area contributed by atoms with Crippen molar-refractivity contribution in [1.82, 2.24) is 10.2 Å². The number of Topliss-reactive ketones (excluding diaryl/α,β-unsaturated/α-hetero) is 1. The van der Waals surface area contributed by atoms with Crippen LogP contribution in [0.1, 0.15) is 24.0 Å². The minimum atomic E-state index is -1.02. The fraction of sp³-hybridized carbons (Fsp3) is 0.240. The number of piperidine rings is 1. The molecule has 0 aliphatic carbocycles. The van der Waals surface area contributed by atoms with Crippen LogP contribution in [-0.2, 0) is 30.4 Å². The number of ketones is 1. The van der Waals surface area contributed by atoms with Crippen LogP contribution in [0.4, 0.5) is 11.4 Å². The van der Waals surface area contributed by atoms with Gasteiger partial charge in [0.25, 0.3) is 11.8 Å². The fourth-order valence-corrected chi connectivity index (χ4v) is 4.10. The van der Waals surface area contributed by atoms with E-state index in [0.29, 0.717) is 16.4 Å². The normalized spacial score (nSPS) is 17.8. The Morgan fingerprint density at radius 3 is 2.63 bits per heavy atom. The largest absolute Gasteiger partial charge is 0.378 e. The summed E-state index contributed by atoms with van der Waals surface area (Å²) in [5, 5.41) is 8.73. The molecule has 9 nitrogen and oxygen atoms in total. The number of amides is 4. The molecule has 3 N–H and O–H groups in total. The molecule has 1 atom stereocenters. The molecular formula is C25H23ClN4O5. The molecule has 2 aliphatic heterocycles. The molecule has 180 valence electrons. The van der Waals surface area contributed by atoms with Gasteiger partial charge in [-0.25, -0.2) is 0 Å². The lowest BCUT2D eigenvalue weighted by atomic mass is 10.0. The molecule has 2 heterocycles. The van der Waals surface area contributed by atoms with E-state index < -0.39 is 29.7 Å². The Bertz CT molecular complexity index is 1270. The quantitative estimate of drug-likeness (QED) is 0.481. The van der Waals surface area contributed by atoms with E-state index in [9.17, 15) is 24.0 Å². The SMILES string of the molecule is Cc1ccc(CC(=O)CNc2cccc(NC3=CC(=O)N(C4CCC(=O)NC4=O)C3=O)c2)cc1Cl. The average Bonchev–Trinajstić information content (AvgIpc) is 3.08. The van der Waals surface area contributed by atoms with Crippen molar-refractivity contribution in [3.63, 3.8) is 0 Å². The third kappa shape index (κ3) is 5.58. The molecule has 0 bridgehead atoms. The summed E-state index contributed by atoms with van der Waals surface area (Å²) in [5.74, 6) is -2.39. The number of carbonyl (C=O) groups is 5. The van der Waals surface area contributed by atoms with Gasteiger partial charge >= 0.3 is 0 Å². The Labute approximate surface area is 206 Å². The lowest BCUT2D eigenvalue weighted by Gasteiger charge is -2.28. The van der Waals surface area contributed by atoms with E-state index in [-0.39, 0.29) is 37.3 Å². The number of nitrogens with zero attached hydrogens (tertiary/aromatic N) is 1. The van der Waals surface area contributed by atoms with Gasteiger partial charge in [-0.2, -0.15) is 0 Å². The topological polar surface area (TPSA) is 125 Å². The standard InChI is InChI=1S/C25H23ClN4O5/c1-14-5-6-15(10-19(14)26)9-18(31)13-27-16-3-2-4-17(11-16)28-20-12-23(33)30(25(20)35)21-7-8-22(32)29-24(21)34/h2-6,10-12,21,27-28H,7-9,13H2,1H3,(H,29,32,34). The van der Waals surface area contributed by atoms with E-state index in [0.717, 1.165) is 22.1 Å². The Morgan fingerprint density at radius 2 is 1.89 bits per heavy atom. The third-order valence-electron chi connectivity index (χ3n) is 5.75. The highest BCUT2D eigenvalue weighted by Gasteiger charge is 2.42. The van der Waals surface area contributed by atoms with Crippen LogP contribution in [0.5, 0.6) is 0 Å². The summed E-state index contributed by atoms with van der Waals surface area (Å²) < 4.78 is 0. The van der Waals surface area contributed by atoms with Crippen molar-refractivity contribution < 1.29 is 24.0 Å². The number of anilines is 2. The van der Waals surface area contributed by atoms with Crippen molar-refractivity contribution in [3.8, 4) is 0 Å². The van der Waals surface area contributed by atoms with Crippen molar-refractivity contribution >= 4 is 52.4 Å². The number of hydrogen-bond donors (Lipinski definition) is 3. The van der Waals surface area contributed by atoms with Crippen LogP contribution in [0.3, 0.4) is 0 Å². The number of rotatable bonds is 8. The Balaban J connectivity index is 1.35. The first kappa shape index (κ1) is 24.2. The first-order valence-electron chi connectivity index (χ1n) is 11.0. The summed E-state index contributed by atoms with van der Waals surface area (Å²) in [6, 6.07) is 11.4. The van der Waals surface area contributed by atoms with Gasteiger partial charge in [0.05, 0.1) is 6.54 Å². The molecule has 0 radical (unpaired) electrons. The van der Waals surface area contributed by atoms with Gasteiger partial charge < -0.3 is 10.6 Å². The number of carbonyl (C=O) groups excluding carboxylic acids is 5. The molecule has 4 rings (SSSR count). The van der Waals surface area contributed by atoms with E-state index in [1.165, 1.54) is 0 Å². The maximum absolute atomic E-state index is 12.8. The fourth-order valence-electron chi connectivity index (χ4n) is 3.90. The molecule has 4 amide bonds. The maximum Gasteiger partial charge on any atom is 0.278 e. The van der Waals surface area contributed by atoms with Gasteiger partial charge in [0.2, 0.25) is 11.8 Å². The zero-order valence-corrected chi connectivity index (χ0v) is 19.6. The van der Waals surface area contributed by atoms with Crippen LogP contribution in [0.25, 0.3) is 0 Å². The third-order valence-corrected chi connectivity index (χ3v) is 6.15. The Kier molecular flexibility index (Phi) is 6.97. The average molecular weight is 495 g/mol. The highest BCUT2D eigenvalue weighted by molar-refractivity contribution is 6.31. The summed E-state index contributed by atoms with van der Waals surface area (Å²) >= 11 is 6.12. The molecular weight excluding hydrogens is 472 g/mol. The first-order valence-corrected chi connectivity index (χ1v) is 11.4. The molecule has 35 heavy (non-hydrogen) atoms. The molecule has 2 aromatic rings. The van der Waals surface area contributed by atoms with Crippen LogP contribution in [0, 0.1) is 6.92 Å². The van der Waals surface area contributed by atoms with Crippen molar-refractivity contribution in [2.45, 2.75) is 32.2 Å². The van der Waals surface area contributed by atoms with Gasteiger partial charge in [0.1, 0.15) is 11.7 Å². The second-order valence-electron chi connectivity index (χ2n) is 8.40. The minimum Gasteiger partial charge on any atom is -0.378 e. The predicted molar refractivity (Wildman–Crippen MR) is 130 cm³/mol. The minimum absolute atomic E-state index is 0.0178. The summed E-state index contributed by atoms with van der Waals surface area (Å²) in [7, 11) is 0. The van der Waals surface area contributed by atoms with Crippen LogP contribution >= 0.6 is 11.6 Å². The van der Waals surface area contributed by atoms with Gasteiger partial charge in [0.15, 0.2) is 5.78 Å². The number of nitrogens with one attached hydrogen (secondary N) is 3. The van der Waals surface area contributed by atoms with Crippen LogP contribution in [0.15, 0.2) is 54.2 Å². The summed E-state index contributed by atoms with van der Waals surface area (Å²) in [6.07, 6.45) is 1.51. The van der Waals surface area contributed by atoms with Gasteiger partial charge in [0, 0.05) is 35.3 Å². The van der Waals surface area contributed by atoms with E-state index in [2.05, 4.69) is 16.0 Å². The lowest BCUT2D eigenvalue weighted by molar-refractivity contribution is -0.149. The second kappa shape index (κ2) is 10.1. The molecule has 1 unspecified atom stereocenters. The molecule has 0 spiro atoms. The van der Waals surface area contributed by atoms with E-state index in [4.69, 9.17) is 11.6 Å². The van der Waals surface area contributed by atoms with E-state index in [1.807, 2.05) is 19.1 Å². The molecule has 1 fully saturated rings. The lowest BCUT2D eigenvalue weighted by Crippen LogP contribution is -2.54. The monoisotopic (exact) mass is 494 g/mol. The highest BCUT2D eigenvalue weighted by atomic mass is 35.5. The zero-order valence-electron chi connectivity index (χ0n) is 18.9. The van der Waals surface area contributed by atoms with Gasteiger partial charge in [-0.15, -0.1) is 0 Å². The van der Waals surface area contributed by atoms with Gasteiger partial charge in [-0.3, -0.25) is 34.2 Å². The second-order valence-corrected chi connectivity index (χ2v) is 8.80. The van der Waals surface area contributed by atoms with Crippen molar-refractivity contribution in [2.24, 2.45) is 0 Å². The van der Waals surface area contributed by atoms with Gasteiger partial charge in [-0.1, -0.05) is 29.8 Å². The Hall–Kier alpha value is -3.98. The molecule has 2 aliphatic rings. The number of imide groups is 2. The number of hydrogen-bond acceptors (Lipinski definition) is 7. The maximum atomic E-state index is 12.8. The van der Waals surface area contributed by atoms with Crippen LogP contribution in [-0.4, -0.2) is 46.9 Å². The summed E-state index contributed by atoms with van der Waals surface area (Å²) in [4.78, 5) is 61.9. The number of aryl methyl sites for hydroxylation is 1. The number of benzene rings is 2. The summed E-state index contributed by atoms with van der Waals surface area (Å²) in [5.41, 5.74) is 2.96. The summed E-state index contributed by atoms with van der Waals surface area (Å²) in [6.45, 7) is 1.99. The first-order chi connectivity index (χ1) is 16.7. The smallest absolute Gasteiger partial charge is 0.278 e. The molecule has 0 saturated carbocycles. The van der Waals surface area contributed by atoms with Gasteiger partial charge in [-0.05, 0) is 48.7 Å². The van der Waals surface area contributed by atoms with Crippen LogP contribution < -0.4 is 16.0 Å². The molecule has 10 heteroatoms. The van der Waals surface area contributed by atoms with Crippen molar-refractivity contribution in [1.29, 1.82) is 0 Å². The molecule has 0 aromatic heterocycles. The zero-order chi connectivity index (χ0) is 25.1. The van der Waals surface area contributed by atoms with Crippen LogP contribution in [0.2, 0.25) is 5.02 Å². The molecule has 1 saturated heterocycles.